The van der Waals surface area contributed by atoms with Crippen LogP contribution in [0.4, 0.5) is 5.69 Å². The molecule has 18 heavy (non-hydrogen) atoms. The molecule has 0 bridgehead atoms. The number of aliphatic hydroxyl groups excluding tert-OH is 1. The first-order valence-electron chi connectivity index (χ1n) is 6.53. The Balaban J connectivity index is 3.11. The van der Waals surface area contributed by atoms with Crippen molar-refractivity contribution < 1.29 is 5.11 Å². The normalized spacial score (nSPS) is 11.0. The van der Waals surface area contributed by atoms with Crippen LogP contribution < -0.4 is 10.6 Å². The van der Waals surface area contributed by atoms with Crippen molar-refractivity contribution in [3.8, 4) is 0 Å². The maximum atomic E-state index is 9.27. The highest BCUT2D eigenvalue weighted by Gasteiger charge is 2.17. The maximum absolute atomic E-state index is 9.27. The van der Waals surface area contributed by atoms with Crippen LogP contribution in [0.5, 0.6) is 0 Å². The van der Waals surface area contributed by atoms with Crippen LogP contribution >= 0.6 is 15.9 Å². The van der Waals surface area contributed by atoms with Gasteiger partial charge in [0.05, 0.1) is 6.61 Å². The summed E-state index contributed by atoms with van der Waals surface area (Å²) < 4.78 is 1.04. The van der Waals surface area contributed by atoms with Gasteiger partial charge in [0, 0.05) is 29.3 Å². The summed E-state index contributed by atoms with van der Waals surface area (Å²) in [5.41, 5.74) is 8.08. The lowest BCUT2D eigenvalue weighted by Crippen LogP contribution is -2.37. The van der Waals surface area contributed by atoms with Crippen molar-refractivity contribution in [1.29, 1.82) is 0 Å². The number of anilines is 1. The van der Waals surface area contributed by atoms with E-state index in [0.717, 1.165) is 28.6 Å². The molecule has 0 saturated heterocycles. The summed E-state index contributed by atoms with van der Waals surface area (Å²) >= 11 is 3.47. The first kappa shape index (κ1) is 15.5. The minimum Gasteiger partial charge on any atom is -0.395 e. The molecule has 1 aromatic carbocycles. The van der Waals surface area contributed by atoms with Gasteiger partial charge in [0.15, 0.2) is 0 Å². The van der Waals surface area contributed by atoms with E-state index in [1.807, 2.05) is 6.07 Å². The molecule has 3 nitrogen and oxygen atoms in total. The average molecular weight is 315 g/mol. The zero-order valence-corrected chi connectivity index (χ0v) is 12.8. The van der Waals surface area contributed by atoms with E-state index in [4.69, 9.17) is 5.73 Å². The van der Waals surface area contributed by atoms with Gasteiger partial charge in [0.2, 0.25) is 0 Å². The molecule has 1 aromatic rings. The maximum Gasteiger partial charge on any atom is 0.0606 e. The van der Waals surface area contributed by atoms with E-state index in [2.05, 4.69) is 46.8 Å². The molecule has 1 rings (SSSR count). The molecule has 0 aliphatic rings. The van der Waals surface area contributed by atoms with Gasteiger partial charge in [0.1, 0.15) is 0 Å². The summed E-state index contributed by atoms with van der Waals surface area (Å²) in [4.78, 5) is 2.27. The molecule has 0 fully saturated rings. The Morgan fingerprint density at radius 2 is 2.00 bits per heavy atom. The lowest BCUT2D eigenvalue weighted by Gasteiger charge is -2.33. The van der Waals surface area contributed by atoms with Crippen molar-refractivity contribution in [3.63, 3.8) is 0 Å². The van der Waals surface area contributed by atoms with Gasteiger partial charge in [-0.25, -0.2) is 0 Å². The predicted octanol–water partition coefficient (Wildman–Crippen LogP) is 2.90. The summed E-state index contributed by atoms with van der Waals surface area (Å²) in [5, 5.41) is 9.27. The van der Waals surface area contributed by atoms with E-state index in [1.165, 1.54) is 0 Å². The highest BCUT2D eigenvalue weighted by atomic mass is 79.9. The summed E-state index contributed by atoms with van der Waals surface area (Å²) in [5.74, 6) is 0. The van der Waals surface area contributed by atoms with Crippen LogP contribution in [0.15, 0.2) is 22.7 Å². The van der Waals surface area contributed by atoms with Crippen molar-refractivity contribution in [3.05, 3.63) is 28.2 Å². The fourth-order valence-corrected chi connectivity index (χ4v) is 2.74. The molecule has 0 radical (unpaired) electrons. The van der Waals surface area contributed by atoms with Crippen molar-refractivity contribution in [2.24, 2.45) is 5.73 Å². The first-order valence-corrected chi connectivity index (χ1v) is 7.33. The number of aliphatic hydroxyl groups is 1. The number of benzene rings is 1. The van der Waals surface area contributed by atoms with Gasteiger partial charge in [-0.1, -0.05) is 29.8 Å². The Labute approximate surface area is 118 Å². The standard InChI is InChI=1S/C14H23BrN2O/c1-3-13(4-2)17(7-8-18)14-6-5-12(15)9-11(14)10-16/h5-6,9,13,18H,3-4,7-8,10,16H2,1-2H3. The topological polar surface area (TPSA) is 49.5 Å². The molecule has 0 heterocycles. The van der Waals surface area contributed by atoms with E-state index in [0.29, 0.717) is 19.1 Å². The number of nitrogens with two attached hydrogens (primary N) is 1. The second kappa shape index (κ2) is 7.77. The number of halogens is 1. The lowest BCUT2D eigenvalue weighted by atomic mass is 10.1. The molecular weight excluding hydrogens is 292 g/mol. The molecule has 0 aliphatic carbocycles. The first-order chi connectivity index (χ1) is 8.67. The summed E-state index contributed by atoms with van der Waals surface area (Å²) in [6.07, 6.45) is 2.13. The van der Waals surface area contributed by atoms with Crippen molar-refractivity contribution >= 4 is 21.6 Å². The van der Waals surface area contributed by atoms with Gasteiger partial charge in [-0.2, -0.15) is 0 Å². The molecule has 0 unspecified atom stereocenters. The quantitative estimate of drug-likeness (QED) is 0.813. The van der Waals surface area contributed by atoms with Gasteiger partial charge in [-0.15, -0.1) is 0 Å². The van der Waals surface area contributed by atoms with Gasteiger partial charge in [-0.3, -0.25) is 0 Å². The minimum atomic E-state index is 0.163. The van der Waals surface area contributed by atoms with Crippen molar-refractivity contribution in [1.82, 2.24) is 0 Å². The second-order valence-corrected chi connectivity index (χ2v) is 5.28. The van der Waals surface area contributed by atoms with E-state index >= 15 is 0 Å². The minimum absolute atomic E-state index is 0.163. The zero-order valence-electron chi connectivity index (χ0n) is 11.2. The second-order valence-electron chi connectivity index (χ2n) is 4.36. The summed E-state index contributed by atoms with van der Waals surface area (Å²) in [6.45, 7) is 5.69. The van der Waals surface area contributed by atoms with E-state index < -0.39 is 0 Å². The third kappa shape index (κ3) is 3.70. The Bertz CT molecular complexity index is 367. The smallest absolute Gasteiger partial charge is 0.0606 e. The van der Waals surface area contributed by atoms with Crippen LogP contribution in [0.3, 0.4) is 0 Å². The van der Waals surface area contributed by atoms with Crippen LogP contribution in [0.2, 0.25) is 0 Å². The highest BCUT2D eigenvalue weighted by Crippen LogP contribution is 2.27. The Hall–Kier alpha value is -0.580. The molecular formula is C14H23BrN2O. The lowest BCUT2D eigenvalue weighted by molar-refractivity contribution is 0.296. The largest absolute Gasteiger partial charge is 0.395 e. The average Bonchev–Trinajstić information content (AvgIpc) is 2.39. The number of hydrogen-bond acceptors (Lipinski definition) is 3. The number of nitrogens with zero attached hydrogens (tertiary/aromatic N) is 1. The van der Waals surface area contributed by atoms with Crippen LogP contribution in [0.1, 0.15) is 32.3 Å². The summed E-state index contributed by atoms with van der Waals surface area (Å²) in [6, 6.07) is 6.62. The fraction of sp³-hybridized carbons (Fsp3) is 0.571. The van der Waals surface area contributed by atoms with Crippen LogP contribution in [0.25, 0.3) is 0 Å². The van der Waals surface area contributed by atoms with Gasteiger partial charge < -0.3 is 15.7 Å². The molecule has 0 atom stereocenters. The van der Waals surface area contributed by atoms with E-state index in [-0.39, 0.29) is 6.61 Å². The third-order valence-electron chi connectivity index (χ3n) is 3.30. The zero-order chi connectivity index (χ0) is 13.5. The predicted molar refractivity (Wildman–Crippen MR) is 80.8 cm³/mol. The molecule has 0 aliphatic heterocycles. The molecule has 0 aromatic heterocycles. The molecule has 0 saturated carbocycles. The van der Waals surface area contributed by atoms with Gasteiger partial charge in [0.25, 0.3) is 0 Å². The fourth-order valence-electron chi connectivity index (χ4n) is 2.33. The summed E-state index contributed by atoms with van der Waals surface area (Å²) in [7, 11) is 0. The Morgan fingerprint density at radius 3 is 2.50 bits per heavy atom. The molecule has 4 heteroatoms. The number of hydrogen-bond donors (Lipinski definition) is 2. The van der Waals surface area contributed by atoms with E-state index in [9.17, 15) is 5.11 Å². The van der Waals surface area contributed by atoms with Crippen LogP contribution in [0, 0.1) is 0 Å². The van der Waals surface area contributed by atoms with Crippen molar-refractivity contribution in [2.45, 2.75) is 39.3 Å². The molecule has 0 amide bonds. The van der Waals surface area contributed by atoms with Gasteiger partial charge in [-0.05, 0) is 36.6 Å². The highest BCUT2D eigenvalue weighted by molar-refractivity contribution is 9.10. The van der Waals surface area contributed by atoms with Gasteiger partial charge >= 0.3 is 0 Å². The third-order valence-corrected chi connectivity index (χ3v) is 3.79. The Kier molecular flexibility index (Phi) is 6.68. The monoisotopic (exact) mass is 314 g/mol. The van der Waals surface area contributed by atoms with Crippen LogP contribution in [-0.4, -0.2) is 24.3 Å². The van der Waals surface area contributed by atoms with Crippen molar-refractivity contribution in [2.75, 3.05) is 18.1 Å². The molecule has 102 valence electrons. The molecule has 0 spiro atoms. The van der Waals surface area contributed by atoms with E-state index in [1.54, 1.807) is 0 Å². The van der Waals surface area contributed by atoms with Crippen LogP contribution in [-0.2, 0) is 6.54 Å². The SMILES string of the molecule is CCC(CC)N(CCO)c1ccc(Br)cc1CN. The molecule has 3 N–H and O–H groups in total. The Morgan fingerprint density at radius 1 is 1.33 bits per heavy atom. The number of rotatable bonds is 7.